The molecule has 0 spiro atoms. The molecule has 0 aliphatic rings. The molecule has 0 amide bonds. The Morgan fingerprint density at radius 2 is 1.50 bits per heavy atom. The lowest BCUT2D eigenvalue weighted by molar-refractivity contribution is 0.0626. The molecule has 0 heterocycles. The highest BCUT2D eigenvalue weighted by molar-refractivity contribution is 5.91. The minimum Gasteiger partial charge on any atom is -0.423 e. The Morgan fingerprint density at radius 1 is 0.833 bits per heavy atom. The van der Waals surface area contributed by atoms with Crippen molar-refractivity contribution in [2.24, 2.45) is 0 Å². The van der Waals surface area contributed by atoms with Crippen molar-refractivity contribution in [3.63, 3.8) is 0 Å². The van der Waals surface area contributed by atoms with E-state index in [0.717, 1.165) is 37.0 Å². The summed E-state index contributed by atoms with van der Waals surface area (Å²) in [7, 11) is 0. The van der Waals surface area contributed by atoms with E-state index in [2.05, 4.69) is 26.8 Å². The van der Waals surface area contributed by atoms with E-state index >= 15 is 0 Å². The average Bonchev–Trinajstić information content (AvgIpc) is 2.77. The van der Waals surface area contributed by atoms with Gasteiger partial charge in [0.2, 0.25) is 0 Å². The second kappa shape index (κ2) is 14.0. The number of ether oxygens (including phenoxy) is 2. The topological polar surface area (TPSA) is 35.5 Å². The van der Waals surface area contributed by atoms with Crippen molar-refractivity contribution in [1.82, 2.24) is 0 Å². The Balaban J connectivity index is 1.89. The molecule has 164 valence electrons. The zero-order valence-corrected chi connectivity index (χ0v) is 19.0. The Labute approximate surface area is 182 Å². The van der Waals surface area contributed by atoms with Crippen LogP contribution in [0.1, 0.15) is 99.7 Å². The highest BCUT2D eigenvalue weighted by atomic mass is 16.5. The van der Waals surface area contributed by atoms with Crippen molar-refractivity contribution in [3.05, 3.63) is 65.2 Å². The van der Waals surface area contributed by atoms with Crippen molar-refractivity contribution < 1.29 is 14.3 Å². The molecule has 1 unspecified atom stereocenters. The molecule has 0 saturated heterocycles. The molecule has 0 bridgehead atoms. The molecule has 0 fully saturated rings. The molecule has 0 aromatic heterocycles. The summed E-state index contributed by atoms with van der Waals surface area (Å²) in [6, 6.07) is 15.4. The number of aryl methyl sites for hydroxylation is 1. The van der Waals surface area contributed by atoms with Crippen molar-refractivity contribution in [2.75, 3.05) is 6.61 Å². The third-order valence-corrected chi connectivity index (χ3v) is 5.46. The monoisotopic (exact) mass is 410 g/mol. The summed E-state index contributed by atoms with van der Waals surface area (Å²) in [4.78, 5) is 12.6. The number of unbranched alkanes of at least 4 members (excludes halogenated alkanes) is 6. The maximum Gasteiger partial charge on any atom is 0.343 e. The van der Waals surface area contributed by atoms with Crippen LogP contribution in [-0.4, -0.2) is 12.6 Å². The normalized spacial score (nSPS) is 12.0. The van der Waals surface area contributed by atoms with Gasteiger partial charge in [-0.15, -0.1) is 0 Å². The fourth-order valence-corrected chi connectivity index (χ4v) is 3.49. The van der Waals surface area contributed by atoms with E-state index in [0.29, 0.717) is 11.3 Å². The van der Waals surface area contributed by atoms with Gasteiger partial charge in [0.25, 0.3) is 0 Å². The summed E-state index contributed by atoms with van der Waals surface area (Å²) in [5.74, 6) is 0.363. The smallest absolute Gasteiger partial charge is 0.343 e. The van der Waals surface area contributed by atoms with Crippen LogP contribution in [0.5, 0.6) is 5.75 Å². The largest absolute Gasteiger partial charge is 0.423 e. The second-order valence-electron chi connectivity index (χ2n) is 8.00. The lowest BCUT2D eigenvalue weighted by Gasteiger charge is -2.14. The minimum atomic E-state index is -0.310. The Morgan fingerprint density at radius 3 is 2.20 bits per heavy atom. The molecule has 0 saturated carbocycles. The standard InChI is InChI=1S/C27H38O3/c1-4-6-8-10-14-24-15-11-12-16-26(24)30-27(28)25-19-17-23(18-20-25)22(3)29-21-13-9-7-5-2/h11-12,15-20,22H,4-10,13-14,21H2,1-3H3. The Kier molecular flexibility index (Phi) is 11.2. The first-order valence-corrected chi connectivity index (χ1v) is 11.7. The molecular formula is C27H38O3. The van der Waals surface area contributed by atoms with Crippen LogP contribution in [0.3, 0.4) is 0 Å². The predicted molar refractivity (Wildman–Crippen MR) is 124 cm³/mol. The van der Waals surface area contributed by atoms with Gasteiger partial charge in [-0.25, -0.2) is 4.79 Å². The summed E-state index contributed by atoms with van der Waals surface area (Å²) in [6.07, 6.45) is 10.6. The van der Waals surface area contributed by atoms with Crippen LogP contribution in [0.4, 0.5) is 0 Å². The first-order valence-electron chi connectivity index (χ1n) is 11.7. The van der Waals surface area contributed by atoms with Gasteiger partial charge >= 0.3 is 5.97 Å². The van der Waals surface area contributed by atoms with Crippen LogP contribution in [-0.2, 0) is 11.2 Å². The van der Waals surface area contributed by atoms with Crippen molar-refractivity contribution in [1.29, 1.82) is 0 Å². The third kappa shape index (κ3) is 8.31. The fourth-order valence-electron chi connectivity index (χ4n) is 3.49. The summed E-state index contributed by atoms with van der Waals surface area (Å²) in [5.41, 5.74) is 2.75. The molecule has 3 heteroatoms. The molecule has 2 aromatic rings. The van der Waals surface area contributed by atoms with E-state index in [-0.39, 0.29) is 12.1 Å². The van der Waals surface area contributed by atoms with Gasteiger partial charge in [-0.3, -0.25) is 0 Å². The molecule has 1 atom stereocenters. The SMILES string of the molecule is CCCCCCOC(C)c1ccc(C(=O)Oc2ccccc2CCCCCC)cc1. The molecule has 30 heavy (non-hydrogen) atoms. The summed E-state index contributed by atoms with van der Waals surface area (Å²) in [6.45, 7) is 7.26. The Bertz CT molecular complexity index is 736. The minimum absolute atomic E-state index is 0.0283. The van der Waals surface area contributed by atoms with Gasteiger partial charge in [-0.2, -0.15) is 0 Å². The van der Waals surface area contributed by atoms with Gasteiger partial charge in [-0.1, -0.05) is 82.7 Å². The number of para-hydroxylation sites is 1. The van der Waals surface area contributed by atoms with Gasteiger partial charge in [0.1, 0.15) is 5.75 Å². The number of esters is 1. The van der Waals surface area contributed by atoms with Crippen LogP contribution in [0, 0.1) is 0 Å². The maximum atomic E-state index is 12.6. The van der Waals surface area contributed by atoms with E-state index < -0.39 is 0 Å². The lowest BCUT2D eigenvalue weighted by Crippen LogP contribution is -2.10. The van der Waals surface area contributed by atoms with E-state index in [4.69, 9.17) is 9.47 Å². The van der Waals surface area contributed by atoms with E-state index in [1.807, 2.05) is 42.5 Å². The third-order valence-electron chi connectivity index (χ3n) is 5.46. The second-order valence-corrected chi connectivity index (χ2v) is 8.00. The molecule has 2 rings (SSSR count). The van der Waals surface area contributed by atoms with Gasteiger partial charge in [0.05, 0.1) is 11.7 Å². The molecular weight excluding hydrogens is 372 g/mol. The van der Waals surface area contributed by atoms with Gasteiger partial charge < -0.3 is 9.47 Å². The Hall–Kier alpha value is -2.13. The number of benzene rings is 2. The highest BCUT2D eigenvalue weighted by Crippen LogP contribution is 2.23. The maximum absolute atomic E-state index is 12.6. The number of carbonyl (C=O) groups excluding carboxylic acids is 1. The first-order chi connectivity index (χ1) is 14.7. The molecule has 0 radical (unpaired) electrons. The quantitative estimate of drug-likeness (QED) is 0.182. The van der Waals surface area contributed by atoms with E-state index in [1.165, 1.54) is 38.5 Å². The van der Waals surface area contributed by atoms with Crippen LogP contribution in [0.2, 0.25) is 0 Å². The van der Waals surface area contributed by atoms with Gasteiger partial charge in [0, 0.05) is 6.61 Å². The van der Waals surface area contributed by atoms with Gasteiger partial charge in [-0.05, 0) is 55.5 Å². The fraction of sp³-hybridized carbons (Fsp3) is 0.519. The summed E-state index contributed by atoms with van der Waals surface area (Å²) in [5, 5.41) is 0. The van der Waals surface area contributed by atoms with Gasteiger partial charge in [0.15, 0.2) is 0 Å². The molecule has 2 aromatic carbocycles. The summed E-state index contributed by atoms with van der Waals surface area (Å²) >= 11 is 0. The van der Waals surface area contributed by atoms with Crippen LogP contribution < -0.4 is 4.74 Å². The first kappa shape index (κ1) is 24.1. The molecule has 0 aliphatic heterocycles. The molecule has 0 N–H and O–H groups in total. The number of carbonyl (C=O) groups is 1. The average molecular weight is 411 g/mol. The molecule has 0 aliphatic carbocycles. The van der Waals surface area contributed by atoms with Crippen LogP contribution in [0.15, 0.2) is 48.5 Å². The number of hydrogen-bond donors (Lipinski definition) is 0. The zero-order chi connectivity index (χ0) is 21.6. The van der Waals surface area contributed by atoms with Crippen LogP contribution in [0.25, 0.3) is 0 Å². The van der Waals surface area contributed by atoms with E-state index in [1.54, 1.807) is 0 Å². The predicted octanol–water partition coefficient (Wildman–Crippen LogP) is 7.69. The van der Waals surface area contributed by atoms with Crippen molar-refractivity contribution in [3.8, 4) is 5.75 Å². The number of rotatable bonds is 14. The van der Waals surface area contributed by atoms with Crippen LogP contribution >= 0.6 is 0 Å². The van der Waals surface area contributed by atoms with E-state index in [9.17, 15) is 4.79 Å². The molecule has 3 nitrogen and oxygen atoms in total. The highest BCUT2D eigenvalue weighted by Gasteiger charge is 2.13. The zero-order valence-electron chi connectivity index (χ0n) is 19.0. The van der Waals surface area contributed by atoms with Crippen molar-refractivity contribution >= 4 is 5.97 Å². The number of hydrogen-bond acceptors (Lipinski definition) is 3. The lowest BCUT2D eigenvalue weighted by atomic mass is 10.1. The summed E-state index contributed by atoms with van der Waals surface area (Å²) < 4.78 is 11.6. The van der Waals surface area contributed by atoms with Crippen molar-refractivity contribution in [2.45, 2.75) is 84.7 Å².